The molecule has 3 rings (SSSR count). The standard InChI is InChI=1S/C21H24N4O5S2/c1-5-24(6-2)32(28,29)17-10-8-15(9-11-17)19-23-18(20(27)30-19)12-16-13-31-21(22-16)25(7-3)14(4)26/h8-13H,5-7H2,1-4H3/b18-12-. The number of hydrogen-bond acceptors (Lipinski definition) is 8. The molecule has 170 valence electrons. The molecule has 11 heteroatoms. The second-order valence-electron chi connectivity index (χ2n) is 6.77. The topological polar surface area (TPSA) is 109 Å². The Balaban J connectivity index is 1.84. The number of aromatic nitrogens is 1. The highest BCUT2D eigenvalue weighted by atomic mass is 32.2. The van der Waals surface area contributed by atoms with Crippen molar-refractivity contribution in [2.24, 2.45) is 4.99 Å². The molecule has 2 heterocycles. The summed E-state index contributed by atoms with van der Waals surface area (Å²) in [7, 11) is -3.58. The number of hydrogen-bond donors (Lipinski definition) is 0. The number of aliphatic imine (C=N–C) groups is 1. The number of thiazole rings is 1. The van der Waals surface area contributed by atoms with Gasteiger partial charge in [0, 0.05) is 37.5 Å². The lowest BCUT2D eigenvalue weighted by Crippen LogP contribution is -2.30. The Morgan fingerprint density at radius 1 is 1.12 bits per heavy atom. The summed E-state index contributed by atoms with van der Waals surface area (Å²) >= 11 is 1.29. The van der Waals surface area contributed by atoms with Crippen molar-refractivity contribution in [3.05, 3.63) is 46.6 Å². The van der Waals surface area contributed by atoms with Gasteiger partial charge in [-0.15, -0.1) is 11.3 Å². The van der Waals surface area contributed by atoms with Gasteiger partial charge in [-0.25, -0.2) is 23.2 Å². The van der Waals surface area contributed by atoms with Crippen LogP contribution in [0.25, 0.3) is 6.08 Å². The van der Waals surface area contributed by atoms with Crippen LogP contribution in [0.3, 0.4) is 0 Å². The molecule has 0 saturated carbocycles. The smallest absolute Gasteiger partial charge is 0.363 e. The molecule has 1 amide bonds. The van der Waals surface area contributed by atoms with Crippen molar-refractivity contribution < 1.29 is 22.7 Å². The first kappa shape index (κ1) is 23.8. The molecule has 1 aromatic heterocycles. The van der Waals surface area contributed by atoms with E-state index in [1.807, 2.05) is 6.92 Å². The van der Waals surface area contributed by atoms with Gasteiger partial charge in [0.2, 0.25) is 21.8 Å². The van der Waals surface area contributed by atoms with Crippen molar-refractivity contribution in [1.29, 1.82) is 0 Å². The molecule has 0 unspecified atom stereocenters. The number of benzene rings is 1. The Kier molecular flexibility index (Phi) is 7.22. The van der Waals surface area contributed by atoms with Crippen LogP contribution in [-0.4, -0.2) is 55.1 Å². The monoisotopic (exact) mass is 476 g/mol. The highest BCUT2D eigenvalue weighted by Crippen LogP contribution is 2.25. The molecule has 0 aliphatic carbocycles. The molecule has 0 bridgehead atoms. The Morgan fingerprint density at radius 2 is 1.78 bits per heavy atom. The van der Waals surface area contributed by atoms with E-state index in [-0.39, 0.29) is 22.4 Å². The summed E-state index contributed by atoms with van der Waals surface area (Å²) in [6.45, 7) is 8.11. The highest BCUT2D eigenvalue weighted by Gasteiger charge is 2.26. The minimum absolute atomic E-state index is 0.0718. The zero-order valence-corrected chi connectivity index (χ0v) is 19.9. The average Bonchev–Trinajstić information content (AvgIpc) is 3.36. The predicted octanol–water partition coefficient (Wildman–Crippen LogP) is 2.89. The molecule has 0 radical (unpaired) electrons. The van der Waals surface area contributed by atoms with Crippen LogP contribution >= 0.6 is 11.3 Å². The molecule has 1 aliphatic heterocycles. The van der Waals surface area contributed by atoms with Gasteiger partial charge in [0.1, 0.15) is 0 Å². The van der Waals surface area contributed by atoms with Gasteiger partial charge in [-0.1, -0.05) is 13.8 Å². The first-order valence-electron chi connectivity index (χ1n) is 10.1. The fourth-order valence-electron chi connectivity index (χ4n) is 3.11. The summed E-state index contributed by atoms with van der Waals surface area (Å²) in [6, 6.07) is 6.04. The third-order valence-corrected chi connectivity index (χ3v) is 7.73. The van der Waals surface area contributed by atoms with Crippen molar-refractivity contribution in [3.8, 4) is 0 Å². The minimum atomic E-state index is -3.58. The quantitative estimate of drug-likeness (QED) is 0.428. The van der Waals surface area contributed by atoms with Gasteiger partial charge in [0.05, 0.1) is 10.6 Å². The molecule has 1 aromatic carbocycles. The molecule has 0 fully saturated rings. The second-order valence-corrected chi connectivity index (χ2v) is 9.54. The van der Waals surface area contributed by atoms with Crippen molar-refractivity contribution in [2.45, 2.75) is 32.6 Å². The largest absolute Gasteiger partial charge is 0.402 e. The maximum Gasteiger partial charge on any atom is 0.363 e. The van der Waals surface area contributed by atoms with Gasteiger partial charge < -0.3 is 4.74 Å². The lowest BCUT2D eigenvalue weighted by molar-refractivity contribution is -0.130. The number of amides is 1. The Hall–Kier alpha value is -2.89. The van der Waals surface area contributed by atoms with Crippen LogP contribution in [0.5, 0.6) is 0 Å². The molecule has 0 atom stereocenters. The van der Waals surface area contributed by atoms with Crippen molar-refractivity contribution in [1.82, 2.24) is 9.29 Å². The van der Waals surface area contributed by atoms with E-state index in [9.17, 15) is 18.0 Å². The fraction of sp³-hybridized carbons (Fsp3) is 0.333. The van der Waals surface area contributed by atoms with Crippen molar-refractivity contribution in [2.75, 3.05) is 24.5 Å². The van der Waals surface area contributed by atoms with Gasteiger partial charge in [-0.05, 0) is 37.3 Å². The summed E-state index contributed by atoms with van der Waals surface area (Å²) in [6.07, 6.45) is 1.49. The van der Waals surface area contributed by atoms with Crippen molar-refractivity contribution >= 4 is 50.3 Å². The SMILES string of the molecule is CCN(C(C)=O)c1nc(/C=C2\N=C(c3ccc(S(=O)(=O)N(CC)CC)cc3)OC2=O)cs1. The number of rotatable bonds is 8. The number of sulfonamides is 1. The minimum Gasteiger partial charge on any atom is -0.402 e. The molecule has 9 nitrogen and oxygen atoms in total. The summed E-state index contributed by atoms with van der Waals surface area (Å²) < 4.78 is 31.9. The zero-order valence-electron chi connectivity index (χ0n) is 18.2. The summed E-state index contributed by atoms with van der Waals surface area (Å²) in [4.78, 5) is 34.2. The molecular weight excluding hydrogens is 452 g/mol. The predicted molar refractivity (Wildman–Crippen MR) is 123 cm³/mol. The van der Waals surface area contributed by atoms with E-state index >= 15 is 0 Å². The van der Waals surface area contributed by atoms with E-state index in [0.717, 1.165) is 0 Å². The van der Waals surface area contributed by atoms with Crippen LogP contribution in [0.4, 0.5) is 5.13 Å². The number of carbonyl (C=O) groups is 2. The third-order valence-electron chi connectivity index (χ3n) is 4.79. The molecule has 1 aliphatic rings. The van der Waals surface area contributed by atoms with Crippen LogP contribution in [-0.2, 0) is 24.3 Å². The van der Waals surface area contributed by atoms with Crippen LogP contribution in [0.2, 0.25) is 0 Å². The van der Waals surface area contributed by atoms with E-state index < -0.39 is 16.0 Å². The van der Waals surface area contributed by atoms with E-state index in [0.29, 0.717) is 36.0 Å². The molecular formula is C21H24N4O5S2. The molecule has 32 heavy (non-hydrogen) atoms. The highest BCUT2D eigenvalue weighted by molar-refractivity contribution is 7.89. The average molecular weight is 477 g/mol. The normalized spacial score (nSPS) is 15.2. The van der Waals surface area contributed by atoms with Crippen LogP contribution < -0.4 is 4.90 Å². The lowest BCUT2D eigenvalue weighted by Gasteiger charge is -2.18. The van der Waals surface area contributed by atoms with E-state index in [1.54, 1.807) is 31.4 Å². The fourth-order valence-corrected chi connectivity index (χ4v) is 5.46. The van der Waals surface area contributed by atoms with Crippen LogP contribution in [0.1, 0.15) is 39.0 Å². The van der Waals surface area contributed by atoms with Gasteiger partial charge in [-0.2, -0.15) is 4.31 Å². The maximum absolute atomic E-state index is 12.6. The molecule has 2 aromatic rings. The van der Waals surface area contributed by atoms with Gasteiger partial charge in [0.15, 0.2) is 10.8 Å². The van der Waals surface area contributed by atoms with Crippen molar-refractivity contribution in [3.63, 3.8) is 0 Å². The summed E-state index contributed by atoms with van der Waals surface area (Å²) in [5.41, 5.74) is 1.04. The zero-order chi connectivity index (χ0) is 23.5. The molecule has 0 N–H and O–H groups in total. The van der Waals surface area contributed by atoms with Gasteiger partial charge in [-0.3, -0.25) is 9.69 Å². The third kappa shape index (κ3) is 4.79. The Bertz CT molecular complexity index is 1180. The number of carbonyl (C=O) groups excluding carboxylic acids is 2. The number of esters is 1. The van der Waals surface area contributed by atoms with Gasteiger partial charge >= 0.3 is 5.97 Å². The first-order chi connectivity index (χ1) is 15.2. The van der Waals surface area contributed by atoms with Crippen LogP contribution in [0, 0.1) is 0 Å². The lowest BCUT2D eigenvalue weighted by atomic mass is 10.2. The second kappa shape index (κ2) is 9.72. The molecule has 0 spiro atoms. The maximum atomic E-state index is 12.6. The molecule has 0 saturated heterocycles. The Labute approximate surface area is 191 Å². The van der Waals surface area contributed by atoms with Crippen LogP contribution in [0.15, 0.2) is 45.2 Å². The first-order valence-corrected chi connectivity index (χ1v) is 12.4. The number of ether oxygens (including phenoxy) is 1. The number of anilines is 1. The van der Waals surface area contributed by atoms with E-state index in [2.05, 4.69) is 9.98 Å². The number of cyclic esters (lactones) is 1. The van der Waals surface area contributed by atoms with E-state index in [4.69, 9.17) is 4.74 Å². The van der Waals surface area contributed by atoms with E-state index in [1.165, 1.54) is 45.7 Å². The summed E-state index contributed by atoms with van der Waals surface area (Å²) in [5, 5.41) is 2.26. The van der Waals surface area contributed by atoms with Gasteiger partial charge in [0.25, 0.3) is 0 Å². The Morgan fingerprint density at radius 3 is 2.34 bits per heavy atom. The number of nitrogens with zero attached hydrogens (tertiary/aromatic N) is 4. The summed E-state index contributed by atoms with van der Waals surface area (Å²) in [5.74, 6) is -0.663.